The maximum atomic E-state index is 13.3. The number of hydrogen-bond donors (Lipinski definition) is 0. The highest BCUT2D eigenvalue weighted by atomic mass is 32.2. The predicted molar refractivity (Wildman–Crippen MR) is 129 cm³/mol. The molecule has 1 aliphatic carbocycles. The fourth-order valence-electron chi connectivity index (χ4n) is 4.37. The standard InChI is InChI=1S/C25H27N5OS/c1-17-14-18(2)30-15-20(27-24(30)26-17)16-32-25-28-22-11-7-6-10-21(22)23(31)29(25)13-12-19-8-4-3-5-9-19/h6-8,10-11,14-15H,3-5,9,12-13,16H2,1-2H3. The minimum Gasteiger partial charge on any atom is -0.288 e. The molecule has 6 nitrogen and oxygen atoms in total. The van der Waals surface area contributed by atoms with Crippen LogP contribution in [0.25, 0.3) is 16.7 Å². The Hall–Kier alpha value is -2.93. The van der Waals surface area contributed by atoms with E-state index in [2.05, 4.69) is 18.0 Å². The number of para-hydroxylation sites is 1. The van der Waals surface area contributed by atoms with Gasteiger partial charge in [-0.25, -0.2) is 15.0 Å². The van der Waals surface area contributed by atoms with Crippen LogP contribution in [-0.2, 0) is 12.3 Å². The van der Waals surface area contributed by atoms with Crippen molar-refractivity contribution in [1.29, 1.82) is 0 Å². The molecule has 0 fully saturated rings. The van der Waals surface area contributed by atoms with Crippen LogP contribution >= 0.6 is 11.8 Å². The average molecular weight is 446 g/mol. The Morgan fingerprint density at radius 1 is 1.09 bits per heavy atom. The Labute approximate surface area is 191 Å². The van der Waals surface area contributed by atoms with E-state index in [1.54, 1.807) is 11.8 Å². The molecule has 0 atom stereocenters. The quantitative estimate of drug-likeness (QED) is 0.231. The number of thioether (sulfide) groups is 1. The molecule has 0 saturated carbocycles. The number of fused-ring (bicyclic) bond motifs is 2. The lowest BCUT2D eigenvalue weighted by Crippen LogP contribution is -2.24. The second-order valence-corrected chi connectivity index (χ2v) is 9.40. The molecule has 1 aromatic carbocycles. The molecule has 0 bridgehead atoms. The van der Waals surface area contributed by atoms with E-state index < -0.39 is 0 Å². The number of aromatic nitrogens is 5. The Kier molecular flexibility index (Phi) is 5.83. The zero-order chi connectivity index (χ0) is 22.1. The average Bonchev–Trinajstić information content (AvgIpc) is 3.21. The van der Waals surface area contributed by atoms with Crippen LogP contribution in [0.2, 0.25) is 0 Å². The minimum atomic E-state index is 0.0395. The van der Waals surface area contributed by atoms with Gasteiger partial charge in [-0.2, -0.15) is 0 Å². The molecule has 5 rings (SSSR count). The maximum absolute atomic E-state index is 13.3. The summed E-state index contributed by atoms with van der Waals surface area (Å²) in [7, 11) is 0. The van der Waals surface area contributed by atoms with Crippen LogP contribution in [-0.4, -0.2) is 23.9 Å². The maximum Gasteiger partial charge on any atom is 0.262 e. The van der Waals surface area contributed by atoms with E-state index in [0.717, 1.165) is 47.0 Å². The molecule has 3 heterocycles. The van der Waals surface area contributed by atoms with Crippen molar-refractivity contribution in [1.82, 2.24) is 23.9 Å². The van der Waals surface area contributed by atoms with Crippen LogP contribution in [0, 0.1) is 13.8 Å². The summed E-state index contributed by atoms with van der Waals surface area (Å²) in [6.07, 6.45) is 10.1. The van der Waals surface area contributed by atoms with Crippen molar-refractivity contribution >= 4 is 28.4 Å². The molecule has 0 amide bonds. The molecule has 7 heteroatoms. The lowest BCUT2D eigenvalue weighted by atomic mass is 9.97. The first-order valence-electron chi connectivity index (χ1n) is 11.2. The Morgan fingerprint density at radius 2 is 1.97 bits per heavy atom. The van der Waals surface area contributed by atoms with Crippen molar-refractivity contribution in [3.05, 3.63) is 75.6 Å². The zero-order valence-corrected chi connectivity index (χ0v) is 19.4. The van der Waals surface area contributed by atoms with Crippen molar-refractivity contribution in [2.45, 2.75) is 63.4 Å². The normalized spacial score (nSPS) is 14.2. The third-order valence-electron chi connectivity index (χ3n) is 6.03. The molecule has 4 aromatic rings. The smallest absolute Gasteiger partial charge is 0.262 e. The van der Waals surface area contributed by atoms with Crippen molar-refractivity contribution in [2.75, 3.05) is 0 Å². The number of nitrogens with zero attached hydrogens (tertiary/aromatic N) is 5. The highest BCUT2D eigenvalue weighted by molar-refractivity contribution is 7.98. The molecular formula is C25H27N5OS. The SMILES string of the molecule is Cc1cc(C)n2cc(CSc3nc4ccccc4c(=O)n3CCC3=CCCCC3)nc2n1. The highest BCUT2D eigenvalue weighted by Crippen LogP contribution is 2.25. The third kappa shape index (κ3) is 4.21. The van der Waals surface area contributed by atoms with Crippen LogP contribution in [0.15, 0.2) is 58.1 Å². The molecule has 32 heavy (non-hydrogen) atoms. The number of benzene rings is 1. The largest absolute Gasteiger partial charge is 0.288 e. The van der Waals surface area contributed by atoms with Gasteiger partial charge in [-0.05, 0) is 64.2 Å². The van der Waals surface area contributed by atoms with Crippen LogP contribution in [0.3, 0.4) is 0 Å². The summed E-state index contributed by atoms with van der Waals surface area (Å²) in [5.74, 6) is 1.35. The highest BCUT2D eigenvalue weighted by Gasteiger charge is 2.14. The summed E-state index contributed by atoms with van der Waals surface area (Å²) < 4.78 is 3.87. The van der Waals surface area contributed by atoms with Crippen LogP contribution in [0.1, 0.15) is 49.2 Å². The molecule has 0 spiro atoms. The van der Waals surface area contributed by atoms with Gasteiger partial charge in [0, 0.05) is 29.9 Å². The van der Waals surface area contributed by atoms with E-state index in [9.17, 15) is 4.79 Å². The number of imidazole rings is 1. The predicted octanol–water partition coefficient (Wildman–Crippen LogP) is 5.24. The lowest BCUT2D eigenvalue weighted by Gasteiger charge is -2.16. The van der Waals surface area contributed by atoms with Gasteiger partial charge < -0.3 is 0 Å². The zero-order valence-electron chi connectivity index (χ0n) is 18.5. The molecule has 164 valence electrons. The van der Waals surface area contributed by atoms with Gasteiger partial charge >= 0.3 is 0 Å². The number of aryl methyl sites for hydroxylation is 2. The molecule has 0 unspecified atom stereocenters. The second-order valence-electron chi connectivity index (χ2n) is 8.46. The number of allylic oxidation sites excluding steroid dienone is 2. The summed E-state index contributed by atoms with van der Waals surface area (Å²) in [5, 5.41) is 1.43. The van der Waals surface area contributed by atoms with Gasteiger partial charge in [0.2, 0.25) is 5.78 Å². The first-order chi connectivity index (χ1) is 15.6. The van der Waals surface area contributed by atoms with Gasteiger partial charge in [-0.15, -0.1) is 0 Å². The minimum absolute atomic E-state index is 0.0395. The number of rotatable bonds is 6. The van der Waals surface area contributed by atoms with E-state index in [1.165, 1.54) is 18.4 Å². The molecule has 3 aromatic heterocycles. The van der Waals surface area contributed by atoms with Crippen molar-refractivity contribution in [3.63, 3.8) is 0 Å². The summed E-state index contributed by atoms with van der Waals surface area (Å²) >= 11 is 1.57. The van der Waals surface area contributed by atoms with E-state index in [0.29, 0.717) is 23.5 Å². The Bertz CT molecular complexity index is 1380. The second kappa shape index (κ2) is 8.90. The topological polar surface area (TPSA) is 65.1 Å². The number of hydrogen-bond acceptors (Lipinski definition) is 5. The first-order valence-corrected chi connectivity index (χ1v) is 12.2. The van der Waals surface area contributed by atoms with E-state index >= 15 is 0 Å². The first kappa shape index (κ1) is 20.9. The van der Waals surface area contributed by atoms with Gasteiger partial charge in [0.15, 0.2) is 5.16 Å². The Morgan fingerprint density at radius 3 is 2.81 bits per heavy atom. The molecule has 0 radical (unpaired) electrons. The van der Waals surface area contributed by atoms with Crippen LogP contribution in [0.5, 0.6) is 0 Å². The molecule has 0 N–H and O–H groups in total. The molecular weight excluding hydrogens is 418 g/mol. The van der Waals surface area contributed by atoms with E-state index in [1.807, 2.05) is 52.4 Å². The van der Waals surface area contributed by atoms with Crippen molar-refractivity contribution < 1.29 is 0 Å². The third-order valence-corrected chi connectivity index (χ3v) is 7.04. The van der Waals surface area contributed by atoms with Crippen molar-refractivity contribution in [3.8, 4) is 0 Å². The fraction of sp³-hybridized carbons (Fsp3) is 0.360. The summed E-state index contributed by atoms with van der Waals surface area (Å²) in [4.78, 5) is 27.4. The Balaban J connectivity index is 1.46. The fourth-order valence-corrected chi connectivity index (χ4v) is 5.28. The molecule has 0 saturated heterocycles. The molecule has 1 aliphatic rings. The van der Waals surface area contributed by atoms with Crippen molar-refractivity contribution in [2.24, 2.45) is 0 Å². The van der Waals surface area contributed by atoms with Gasteiger partial charge in [0.25, 0.3) is 5.56 Å². The van der Waals surface area contributed by atoms with E-state index in [4.69, 9.17) is 9.97 Å². The lowest BCUT2D eigenvalue weighted by molar-refractivity contribution is 0.569. The monoisotopic (exact) mass is 445 g/mol. The van der Waals surface area contributed by atoms with Gasteiger partial charge in [-0.1, -0.05) is 35.5 Å². The van der Waals surface area contributed by atoms with Crippen LogP contribution < -0.4 is 5.56 Å². The van der Waals surface area contributed by atoms with Crippen LogP contribution in [0.4, 0.5) is 0 Å². The van der Waals surface area contributed by atoms with Gasteiger partial charge in [-0.3, -0.25) is 13.8 Å². The molecule has 0 aliphatic heterocycles. The van der Waals surface area contributed by atoms with Gasteiger partial charge in [0.05, 0.1) is 16.6 Å². The van der Waals surface area contributed by atoms with E-state index in [-0.39, 0.29) is 5.56 Å². The summed E-state index contributed by atoms with van der Waals surface area (Å²) in [6.45, 7) is 4.70. The summed E-state index contributed by atoms with van der Waals surface area (Å²) in [6, 6.07) is 9.66. The van der Waals surface area contributed by atoms with Gasteiger partial charge in [0.1, 0.15) is 0 Å². The summed E-state index contributed by atoms with van der Waals surface area (Å²) in [5.41, 5.74) is 5.25.